The van der Waals surface area contributed by atoms with Crippen molar-refractivity contribution in [2.75, 3.05) is 21.3 Å². The molecule has 0 radical (unpaired) electrons. The first kappa shape index (κ1) is 57.7. The first-order chi connectivity index (χ1) is 34.5. The number of aromatic nitrogens is 7. The third-order valence-corrected chi connectivity index (χ3v) is 12.2. The third kappa shape index (κ3) is 13.3. The van der Waals surface area contributed by atoms with Gasteiger partial charge in [-0.15, -0.1) is 0 Å². The second kappa shape index (κ2) is 24.2. The lowest BCUT2D eigenvalue weighted by Gasteiger charge is -2.32. The number of nitrogens with zero attached hydrogens (tertiary/aromatic N) is 7. The van der Waals surface area contributed by atoms with Crippen molar-refractivity contribution in [2.45, 2.75) is 65.6 Å². The van der Waals surface area contributed by atoms with Gasteiger partial charge < -0.3 is 23.5 Å². The van der Waals surface area contributed by atoms with E-state index in [4.69, 9.17) is 9.31 Å². The Labute approximate surface area is 430 Å². The number of carbonyl (C=O) groups excluding carboxylic acids is 3. The zero-order valence-electron chi connectivity index (χ0n) is 40.8. The van der Waals surface area contributed by atoms with E-state index in [1.54, 1.807) is 47.1 Å². The smallest absolute Gasteiger partial charge is 0.469 e. The fourth-order valence-electron chi connectivity index (χ4n) is 7.05. The van der Waals surface area contributed by atoms with Crippen molar-refractivity contribution in [2.24, 2.45) is 14.1 Å². The summed E-state index contributed by atoms with van der Waals surface area (Å²) in [4.78, 5) is 45.3. The number of esters is 3. The number of carbonyl (C=O) groups is 3. The van der Waals surface area contributed by atoms with Gasteiger partial charge in [-0.1, -0.05) is 7.43 Å². The Kier molecular flexibility index (Phi) is 18.9. The molecule has 15 nitrogen and oxygen atoms in total. The van der Waals surface area contributed by atoms with Gasteiger partial charge in [0.15, 0.2) is 0 Å². The summed E-state index contributed by atoms with van der Waals surface area (Å²) in [5.74, 6) is -6.87. The van der Waals surface area contributed by atoms with Gasteiger partial charge in [-0.05, 0) is 67.9 Å². The number of ether oxygens (including phenoxy) is 3. The topological polar surface area (TPSA) is 172 Å². The molecule has 0 N–H and O–H groups in total. The minimum atomic E-state index is -0.818. The fourth-order valence-corrected chi connectivity index (χ4v) is 7.38. The summed E-state index contributed by atoms with van der Waals surface area (Å²) in [6, 6.07) is 9.40. The SMILES string of the molecule is C.COC(=O)Cc1c(F)cc2ncc(-c3cnn(C)c3)cc2c1F.COC(=O)Cc1c(F)cc2ncc(Br)cc2c1F.COC(=O)Cc1c(F)cc2ncccc2c1F.Cn1cc(B2OC(C)(C)C(C)(C)O2)cn1. The van der Waals surface area contributed by atoms with Gasteiger partial charge in [-0.25, -0.2) is 26.3 Å². The molecule has 3 aromatic carbocycles. The molecule has 0 unspecified atom stereocenters. The predicted octanol–water partition coefficient (Wildman–Crippen LogP) is 9.20. The highest BCUT2D eigenvalue weighted by Crippen LogP contribution is 2.36. The number of hydrogen-bond acceptors (Lipinski definition) is 13. The van der Waals surface area contributed by atoms with E-state index in [1.165, 1.54) is 44.9 Å². The highest BCUT2D eigenvalue weighted by atomic mass is 79.9. The van der Waals surface area contributed by atoms with E-state index in [-0.39, 0.29) is 75.1 Å². The van der Waals surface area contributed by atoms with Gasteiger partial charge in [-0.3, -0.25) is 38.7 Å². The normalized spacial score (nSPS) is 13.2. The van der Waals surface area contributed by atoms with Gasteiger partial charge >= 0.3 is 25.0 Å². The van der Waals surface area contributed by atoms with Gasteiger partial charge in [0.05, 0.1) is 74.5 Å². The molecule has 5 aromatic heterocycles. The van der Waals surface area contributed by atoms with Crippen molar-refractivity contribution in [3.8, 4) is 11.1 Å². The molecule has 1 fully saturated rings. The van der Waals surface area contributed by atoms with Crippen molar-refractivity contribution in [3.63, 3.8) is 0 Å². The summed E-state index contributed by atoms with van der Waals surface area (Å²) in [5, 5.41) is 8.65. The van der Waals surface area contributed by atoms with Gasteiger partial charge in [0.2, 0.25) is 0 Å². The Morgan fingerprint density at radius 1 is 0.595 bits per heavy atom. The molecule has 0 spiro atoms. The maximum Gasteiger partial charge on any atom is 0.498 e. The summed E-state index contributed by atoms with van der Waals surface area (Å²) < 4.78 is 113. The van der Waals surface area contributed by atoms with E-state index in [2.05, 4.69) is 55.3 Å². The second-order valence-corrected chi connectivity index (χ2v) is 18.1. The Morgan fingerprint density at radius 2 is 1.03 bits per heavy atom. The molecule has 0 atom stereocenters. The van der Waals surface area contributed by atoms with Crippen LogP contribution in [-0.4, -0.2) is 92.1 Å². The molecule has 9 rings (SSSR count). The van der Waals surface area contributed by atoms with Gasteiger partial charge in [-0.2, -0.15) is 10.2 Å². The quantitative estimate of drug-likeness (QED) is 0.0611. The van der Waals surface area contributed by atoms with Gasteiger partial charge in [0.25, 0.3) is 0 Å². The standard InChI is InChI=1S/C16H13F2N3O2.C12H8BrF2NO2.C12H9F2NO2.C10H17BN2O2.CH4/c1-21-8-10(7-20-21)9-3-12-14(19-6-9)5-13(17)11(16(12)18)4-15(22)23-2;1-18-11(17)3-7-9(14)4-10-8(12(7)15)2-6(13)5-16-10;1-17-11(16)5-8-9(13)6-10-7(12(8)14)3-2-4-15-10;1-9(2)10(3,4)15-11(14-9)8-6-12-13(5)7-8;/h3,5-8H,4H2,1-2H3;2,4-5H,3H2,1H3;2-4,6H,5H2,1H3;6-7H,1-5H3;1H4. The van der Waals surface area contributed by atoms with Crippen LogP contribution in [-0.2, 0) is 71.3 Å². The predicted molar refractivity (Wildman–Crippen MR) is 268 cm³/mol. The van der Waals surface area contributed by atoms with E-state index in [0.717, 1.165) is 36.3 Å². The lowest BCUT2D eigenvalue weighted by molar-refractivity contribution is -0.140. The minimum Gasteiger partial charge on any atom is -0.469 e. The number of pyridine rings is 3. The molecule has 1 aliphatic rings. The highest BCUT2D eigenvalue weighted by Gasteiger charge is 2.52. The average Bonchev–Trinajstić information content (AvgIpc) is 4.06. The number of fused-ring (bicyclic) bond motifs is 3. The maximum absolute atomic E-state index is 14.6. The Morgan fingerprint density at radius 3 is 1.47 bits per heavy atom. The lowest BCUT2D eigenvalue weighted by Crippen LogP contribution is -2.41. The van der Waals surface area contributed by atoms with Crippen LogP contribution in [0.3, 0.4) is 0 Å². The van der Waals surface area contributed by atoms with Gasteiger partial charge in [0, 0.05) is 123 Å². The minimum absolute atomic E-state index is 0. The Balaban J connectivity index is 0.000000184. The molecular formula is C51H51BBrF6N7O8. The average molecular weight is 1090 g/mol. The van der Waals surface area contributed by atoms with Crippen LogP contribution in [0, 0.1) is 34.9 Å². The van der Waals surface area contributed by atoms with Crippen LogP contribution in [0.5, 0.6) is 0 Å². The number of rotatable bonds is 8. The van der Waals surface area contributed by atoms with E-state index in [0.29, 0.717) is 10.0 Å². The largest absolute Gasteiger partial charge is 0.498 e. The summed E-state index contributed by atoms with van der Waals surface area (Å²) in [7, 11) is 6.85. The van der Waals surface area contributed by atoms with Crippen LogP contribution in [0.1, 0.15) is 51.8 Å². The summed E-state index contributed by atoms with van der Waals surface area (Å²) in [5.41, 5.74) is 1.48. The third-order valence-electron chi connectivity index (χ3n) is 11.7. The lowest BCUT2D eigenvalue weighted by atomic mass is 9.82. The summed E-state index contributed by atoms with van der Waals surface area (Å²) in [6.45, 7) is 8.18. The van der Waals surface area contributed by atoms with E-state index in [1.807, 2.05) is 40.9 Å². The fraction of sp³-hybridized carbons (Fsp3) is 0.294. The first-order valence-electron chi connectivity index (χ1n) is 21.9. The van der Waals surface area contributed by atoms with E-state index in [9.17, 15) is 40.7 Å². The van der Waals surface area contributed by atoms with Crippen molar-refractivity contribution < 1.29 is 64.2 Å². The zero-order valence-corrected chi connectivity index (χ0v) is 42.4. The van der Waals surface area contributed by atoms with Crippen LogP contribution in [0.4, 0.5) is 26.3 Å². The molecule has 0 bridgehead atoms. The Hall–Kier alpha value is -7.24. The van der Waals surface area contributed by atoms with Crippen LogP contribution in [0.25, 0.3) is 43.8 Å². The number of hydrogen-bond donors (Lipinski definition) is 0. The number of benzene rings is 3. The van der Waals surface area contributed by atoms with Crippen LogP contribution in [0.15, 0.2) is 90.3 Å². The number of halogens is 7. The monoisotopic (exact) mass is 1090 g/mol. The molecule has 23 heteroatoms. The summed E-state index contributed by atoms with van der Waals surface area (Å²) in [6.07, 6.45) is 10.2. The van der Waals surface area contributed by atoms with Crippen LogP contribution < -0.4 is 5.46 Å². The molecule has 0 amide bonds. The molecule has 74 heavy (non-hydrogen) atoms. The first-order valence-corrected chi connectivity index (χ1v) is 22.7. The number of methoxy groups -OCH3 is 3. The molecule has 390 valence electrons. The van der Waals surface area contributed by atoms with E-state index >= 15 is 0 Å². The number of aryl methyl sites for hydroxylation is 2. The second-order valence-electron chi connectivity index (χ2n) is 17.2. The van der Waals surface area contributed by atoms with Crippen molar-refractivity contribution >= 4 is 79.1 Å². The van der Waals surface area contributed by atoms with E-state index < -0.39 is 72.1 Å². The highest BCUT2D eigenvalue weighted by molar-refractivity contribution is 9.10. The van der Waals surface area contributed by atoms with Crippen molar-refractivity contribution in [1.82, 2.24) is 34.5 Å². The zero-order chi connectivity index (χ0) is 53.5. The molecule has 0 aliphatic carbocycles. The Bertz CT molecular complexity index is 3340. The molecular weight excluding hydrogens is 1040 g/mol. The van der Waals surface area contributed by atoms with Crippen LogP contribution >= 0.6 is 15.9 Å². The van der Waals surface area contributed by atoms with Crippen LogP contribution in [0.2, 0.25) is 0 Å². The van der Waals surface area contributed by atoms with Gasteiger partial charge in [0.1, 0.15) is 34.9 Å². The van der Waals surface area contributed by atoms with Crippen molar-refractivity contribution in [1.29, 1.82) is 0 Å². The molecule has 1 aliphatic heterocycles. The maximum atomic E-state index is 14.6. The molecule has 1 saturated heterocycles. The summed E-state index contributed by atoms with van der Waals surface area (Å²) >= 11 is 3.16. The molecule has 8 aromatic rings. The molecule has 6 heterocycles. The molecule has 0 saturated carbocycles. The van der Waals surface area contributed by atoms with Crippen molar-refractivity contribution in [3.05, 3.63) is 142 Å².